The molecule has 0 amide bonds. The summed E-state index contributed by atoms with van der Waals surface area (Å²) in [6, 6.07) is 4.49. The van der Waals surface area contributed by atoms with Gasteiger partial charge in [0.1, 0.15) is 0 Å². The molecule has 0 aliphatic heterocycles. The van der Waals surface area contributed by atoms with Crippen LogP contribution >= 0.6 is 0 Å². The van der Waals surface area contributed by atoms with Gasteiger partial charge in [0.25, 0.3) is 0 Å². The maximum Gasteiger partial charge on any atom is 0.0706 e. The molecule has 0 spiro atoms. The van der Waals surface area contributed by atoms with Gasteiger partial charge in [0, 0.05) is 0 Å². The summed E-state index contributed by atoms with van der Waals surface area (Å²) in [5, 5.41) is 13.1. The summed E-state index contributed by atoms with van der Waals surface area (Å²) in [5.41, 5.74) is 5.23. The number of hydrogen-bond donors (Lipinski definition) is 2. The predicted molar refractivity (Wildman–Crippen MR) is 78.1 cm³/mol. The van der Waals surface area contributed by atoms with Crippen LogP contribution in [0.1, 0.15) is 56.0 Å². The first-order valence-corrected chi connectivity index (χ1v) is 6.65. The molecule has 102 valence electrons. The smallest absolute Gasteiger partial charge is 0.0706 e. The zero-order valence-electron chi connectivity index (χ0n) is 12.8. The first kappa shape index (κ1) is 15.2. The molecule has 18 heavy (non-hydrogen) atoms. The van der Waals surface area contributed by atoms with Crippen molar-refractivity contribution in [2.75, 3.05) is 7.05 Å². The maximum atomic E-state index is 9.88. The van der Waals surface area contributed by atoms with E-state index in [1.165, 1.54) is 22.3 Å². The van der Waals surface area contributed by atoms with Crippen LogP contribution in [0.15, 0.2) is 12.1 Å². The second-order valence-electron chi connectivity index (χ2n) is 6.28. The third kappa shape index (κ3) is 3.12. The average molecular weight is 249 g/mol. The van der Waals surface area contributed by atoms with Gasteiger partial charge in [-0.3, -0.25) is 0 Å². The SMILES string of the molecule is CNC(c1c(C)cc(C(C)(C)C)cc1C)C(C)O. The van der Waals surface area contributed by atoms with Gasteiger partial charge in [0.15, 0.2) is 0 Å². The Morgan fingerprint density at radius 2 is 1.56 bits per heavy atom. The largest absolute Gasteiger partial charge is 0.391 e. The van der Waals surface area contributed by atoms with Gasteiger partial charge in [-0.1, -0.05) is 32.9 Å². The summed E-state index contributed by atoms with van der Waals surface area (Å²) >= 11 is 0. The van der Waals surface area contributed by atoms with E-state index in [9.17, 15) is 5.11 Å². The average Bonchev–Trinajstić information content (AvgIpc) is 2.20. The van der Waals surface area contributed by atoms with Gasteiger partial charge in [0.2, 0.25) is 0 Å². The van der Waals surface area contributed by atoms with E-state index in [0.717, 1.165) is 0 Å². The summed E-state index contributed by atoms with van der Waals surface area (Å²) in [6.45, 7) is 12.8. The summed E-state index contributed by atoms with van der Waals surface area (Å²) < 4.78 is 0. The fourth-order valence-corrected chi connectivity index (χ4v) is 2.52. The first-order valence-electron chi connectivity index (χ1n) is 6.65. The lowest BCUT2D eigenvalue weighted by Gasteiger charge is -2.27. The van der Waals surface area contributed by atoms with Crippen molar-refractivity contribution in [3.63, 3.8) is 0 Å². The van der Waals surface area contributed by atoms with E-state index in [1.807, 2.05) is 14.0 Å². The van der Waals surface area contributed by atoms with Crippen LogP contribution in [-0.2, 0) is 5.41 Å². The number of aliphatic hydroxyl groups is 1. The molecule has 2 atom stereocenters. The van der Waals surface area contributed by atoms with E-state index in [1.54, 1.807) is 0 Å². The number of aryl methyl sites for hydroxylation is 2. The summed E-state index contributed by atoms with van der Waals surface area (Å²) in [7, 11) is 1.90. The Hall–Kier alpha value is -0.860. The Morgan fingerprint density at radius 1 is 1.11 bits per heavy atom. The van der Waals surface area contributed by atoms with Gasteiger partial charge >= 0.3 is 0 Å². The Morgan fingerprint density at radius 3 is 1.83 bits per heavy atom. The minimum Gasteiger partial charge on any atom is -0.391 e. The predicted octanol–water partition coefficient (Wildman–Crippen LogP) is 3.24. The molecule has 1 aromatic rings. The van der Waals surface area contributed by atoms with Crippen molar-refractivity contribution < 1.29 is 5.11 Å². The molecular weight excluding hydrogens is 222 g/mol. The summed E-state index contributed by atoms with van der Waals surface area (Å²) in [4.78, 5) is 0. The number of likely N-dealkylation sites (N-methyl/N-ethyl adjacent to an activating group) is 1. The van der Waals surface area contributed by atoms with E-state index in [4.69, 9.17) is 0 Å². The van der Waals surface area contributed by atoms with Crippen LogP contribution in [0.25, 0.3) is 0 Å². The molecule has 0 saturated carbocycles. The fourth-order valence-electron chi connectivity index (χ4n) is 2.52. The second kappa shape index (κ2) is 5.41. The minimum absolute atomic E-state index is 0.000909. The van der Waals surface area contributed by atoms with Crippen molar-refractivity contribution in [1.29, 1.82) is 0 Å². The molecule has 2 N–H and O–H groups in total. The molecule has 0 saturated heterocycles. The number of nitrogens with one attached hydrogen (secondary N) is 1. The molecule has 2 nitrogen and oxygen atoms in total. The van der Waals surface area contributed by atoms with Crippen molar-refractivity contribution >= 4 is 0 Å². The van der Waals surface area contributed by atoms with Gasteiger partial charge in [-0.2, -0.15) is 0 Å². The van der Waals surface area contributed by atoms with Gasteiger partial charge in [-0.05, 0) is 55.5 Å². The van der Waals surface area contributed by atoms with Crippen molar-refractivity contribution in [2.45, 2.75) is 59.1 Å². The lowest BCUT2D eigenvalue weighted by atomic mass is 9.82. The molecule has 1 aromatic carbocycles. The molecule has 0 aliphatic rings. The van der Waals surface area contributed by atoms with E-state index >= 15 is 0 Å². The second-order valence-corrected chi connectivity index (χ2v) is 6.28. The molecule has 2 heteroatoms. The Kier molecular flexibility index (Phi) is 4.57. The van der Waals surface area contributed by atoms with Crippen LogP contribution < -0.4 is 5.32 Å². The van der Waals surface area contributed by atoms with Gasteiger partial charge < -0.3 is 10.4 Å². The van der Waals surface area contributed by atoms with E-state index in [2.05, 4.69) is 52.1 Å². The highest BCUT2D eigenvalue weighted by molar-refractivity contribution is 5.42. The fraction of sp³-hybridized carbons (Fsp3) is 0.625. The standard InChI is InChI=1S/C16H27NO/c1-10-8-13(16(4,5)6)9-11(2)14(10)15(17-7)12(3)18/h8-9,12,15,17-18H,1-7H3. The number of hydrogen-bond acceptors (Lipinski definition) is 2. The van der Waals surface area contributed by atoms with Gasteiger partial charge in [-0.15, -0.1) is 0 Å². The molecule has 0 fully saturated rings. The Labute approximate surface area is 111 Å². The third-order valence-electron chi connectivity index (χ3n) is 3.56. The monoisotopic (exact) mass is 249 g/mol. The topological polar surface area (TPSA) is 32.3 Å². The van der Waals surface area contributed by atoms with Crippen LogP contribution in [0, 0.1) is 13.8 Å². The zero-order chi connectivity index (χ0) is 14.1. The Balaban J connectivity index is 3.32. The normalized spacial score (nSPS) is 15.6. The van der Waals surface area contributed by atoms with Crippen molar-refractivity contribution in [2.24, 2.45) is 0 Å². The van der Waals surface area contributed by atoms with E-state index in [0.29, 0.717) is 0 Å². The molecule has 2 unspecified atom stereocenters. The quantitative estimate of drug-likeness (QED) is 0.862. The molecule has 0 radical (unpaired) electrons. The van der Waals surface area contributed by atoms with Crippen LogP contribution in [0.4, 0.5) is 0 Å². The third-order valence-corrected chi connectivity index (χ3v) is 3.56. The first-order chi connectivity index (χ1) is 8.18. The van der Waals surface area contributed by atoms with Gasteiger partial charge in [-0.25, -0.2) is 0 Å². The molecular formula is C16H27NO. The minimum atomic E-state index is -0.395. The lowest BCUT2D eigenvalue weighted by Crippen LogP contribution is -2.29. The van der Waals surface area contributed by atoms with Gasteiger partial charge in [0.05, 0.1) is 12.1 Å². The molecule has 0 bridgehead atoms. The summed E-state index contributed by atoms with van der Waals surface area (Å²) in [5.74, 6) is 0. The highest BCUT2D eigenvalue weighted by atomic mass is 16.3. The number of rotatable bonds is 3. The number of benzene rings is 1. The van der Waals surface area contributed by atoms with E-state index in [-0.39, 0.29) is 11.5 Å². The zero-order valence-corrected chi connectivity index (χ0v) is 12.8. The van der Waals surface area contributed by atoms with Crippen molar-refractivity contribution in [1.82, 2.24) is 5.32 Å². The molecule has 0 heterocycles. The van der Waals surface area contributed by atoms with Crippen LogP contribution in [-0.4, -0.2) is 18.3 Å². The van der Waals surface area contributed by atoms with Crippen molar-refractivity contribution in [3.8, 4) is 0 Å². The highest BCUT2D eigenvalue weighted by Crippen LogP contribution is 2.30. The highest BCUT2D eigenvalue weighted by Gasteiger charge is 2.22. The summed E-state index contributed by atoms with van der Waals surface area (Å²) in [6.07, 6.45) is -0.395. The van der Waals surface area contributed by atoms with E-state index < -0.39 is 6.10 Å². The number of aliphatic hydroxyl groups excluding tert-OH is 1. The molecule has 0 aliphatic carbocycles. The Bertz CT molecular complexity index is 393. The molecule has 1 rings (SSSR count). The van der Waals surface area contributed by atoms with Crippen LogP contribution in [0.3, 0.4) is 0 Å². The van der Waals surface area contributed by atoms with Crippen LogP contribution in [0.5, 0.6) is 0 Å². The lowest BCUT2D eigenvalue weighted by molar-refractivity contribution is 0.149. The maximum absolute atomic E-state index is 9.88. The molecule has 0 aromatic heterocycles. The van der Waals surface area contributed by atoms with Crippen molar-refractivity contribution in [3.05, 3.63) is 34.4 Å². The van der Waals surface area contributed by atoms with Crippen LogP contribution in [0.2, 0.25) is 0 Å².